The molecule has 0 aliphatic carbocycles. The number of nitrogens with one attached hydrogen (secondary N) is 1. The lowest BCUT2D eigenvalue weighted by molar-refractivity contribution is -0.0479. The van der Waals surface area contributed by atoms with E-state index >= 15 is 0 Å². The maximum atomic E-state index is 11.0. The molecule has 1 aromatic heterocycles. The van der Waals surface area contributed by atoms with Crippen LogP contribution in [0.4, 0.5) is 5.82 Å². The molecule has 2 N–H and O–H groups in total. The van der Waals surface area contributed by atoms with Gasteiger partial charge in [0.05, 0.1) is 18.8 Å². The van der Waals surface area contributed by atoms with Crippen LogP contribution < -0.4 is 5.32 Å². The van der Waals surface area contributed by atoms with Crippen LogP contribution in [-0.4, -0.2) is 36.3 Å². The Morgan fingerprint density at radius 3 is 2.75 bits per heavy atom. The molecule has 0 atom stereocenters. The summed E-state index contributed by atoms with van der Waals surface area (Å²) in [7, 11) is 1.71. The summed E-state index contributed by atoms with van der Waals surface area (Å²) in [6.45, 7) is 0.907. The first-order chi connectivity index (χ1) is 7.72. The average molecular weight is 224 g/mol. The van der Waals surface area contributed by atoms with Crippen molar-refractivity contribution in [3.63, 3.8) is 0 Å². The molecule has 86 valence electrons. The Balaban J connectivity index is 2.40. The van der Waals surface area contributed by atoms with Crippen LogP contribution in [0, 0.1) is 0 Å². The van der Waals surface area contributed by atoms with E-state index in [2.05, 4.69) is 10.3 Å². The van der Waals surface area contributed by atoms with E-state index in [4.69, 9.17) is 14.6 Å². The van der Waals surface area contributed by atoms with Gasteiger partial charge < -0.3 is 19.9 Å². The molecule has 0 bridgehead atoms. The van der Waals surface area contributed by atoms with E-state index in [0.717, 1.165) is 0 Å². The molecule has 0 saturated carbocycles. The van der Waals surface area contributed by atoms with Crippen LogP contribution in [-0.2, 0) is 9.47 Å². The summed E-state index contributed by atoms with van der Waals surface area (Å²) >= 11 is 0. The van der Waals surface area contributed by atoms with Crippen molar-refractivity contribution in [2.45, 2.75) is 6.29 Å². The molecule has 0 aromatic carbocycles. The molecule has 16 heavy (non-hydrogen) atoms. The van der Waals surface area contributed by atoms with Crippen LogP contribution in [0.3, 0.4) is 0 Å². The van der Waals surface area contributed by atoms with Gasteiger partial charge in [-0.25, -0.2) is 9.78 Å². The van der Waals surface area contributed by atoms with E-state index in [0.29, 0.717) is 24.7 Å². The van der Waals surface area contributed by atoms with Gasteiger partial charge in [-0.2, -0.15) is 0 Å². The zero-order chi connectivity index (χ0) is 11.5. The van der Waals surface area contributed by atoms with Crippen molar-refractivity contribution in [3.05, 3.63) is 23.4 Å². The molecule has 0 spiro atoms. The van der Waals surface area contributed by atoms with Gasteiger partial charge in [0.1, 0.15) is 11.5 Å². The fourth-order valence-electron chi connectivity index (χ4n) is 1.49. The summed E-state index contributed by atoms with van der Waals surface area (Å²) in [5, 5.41) is 11.9. The highest BCUT2D eigenvalue weighted by Crippen LogP contribution is 2.26. The van der Waals surface area contributed by atoms with Gasteiger partial charge in [-0.1, -0.05) is 0 Å². The topological polar surface area (TPSA) is 80.7 Å². The van der Waals surface area contributed by atoms with Crippen LogP contribution in [0.2, 0.25) is 0 Å². The van der Waals surface area contributed by atoms with Crippen molar-refractivity contribution in [2.75, 3.05) is 25.6 Å². The van der Waals surface area contributed by atoms with Gasteiger partial charge in [-0.3, -0.25) is 0 Å². The molecule has 0 radical (unpaired) electrons. The zero-order valence-corrected chi connectivity index (χ0v) is 8.77. The summed E-state index contributed by atoms with van der Waals surface area (Å²) in [6.07, 6.45) is -0.681. The van der Waals surface area contributed by atoms with Gasteiger partial charge in [0, 0.05) is 7.05 Å². The largest absolute Gasteiger partial charge is 0.478 e. The number of carboxylic acid groups (broad SMARTS) is 1. The normalized spacial score (nSPS) is 16.3. The van der Waals surface area contributed by atoms with Gasteiger partial charge in [-0.15, -0.1) is 0 Å². The monoisotopic (exact) mass is 224 g/mol. The lowest BCUT2D eigenvalue weighted by atomic mass is 10.2. The summed E-state index contributed by atoms with van der Waals surface area (Å²) in [4.78, 5) is 15.2. The molecule has 1 aliphatic heterocycles. The Labute approximate surface area is 92.2 Å². The Hall–Kier alpha value is -1.66. The van der Waals surface area contributed by atoms with Crippen LogP contribution in [0.25, 0.3) is 0 Å². The second-order valence-electron chi connectivity index (χ2n) is 3.26. The van der Waals surface area contributed by atoms with Crippen molar-refractivity contribution < 1.29 is 19.4 Å². The fraction of sp³-hybridized carbons (Fsp3) is 0.400. The molecule has 1 aromatic rings. The zero-order valence-electron chi connectivity index (χ0n) is 8.77. The molecule has 2 rings (SSSR count). The Morgan fingerprint density at radius 1 is 1.50 bits per heavy atom. The number of pyridine rings is 1. The predicted molar refractivity (Wildman–Crippen MR) is 55.4 cm³/mol. The van der Waals surface area contributed by atoms with Crippen LogP contribution in [0.5, 0.6) is 0 Å². The van der Waals surface area contributed by atoms with Gasteiger partial charge in [0.2, 0.25) is 6.29 Å². The number of nitrogens with zero attached hydrogens (tertiary/aromatic N) is 1. The maximum absolute atomic E-state index is 11.0. The third kappa shape index (κ3) is 1.98. The van der Waals surface area contributed by atoms with E-state index in [1.807, 2.05) is 0 Å². The second-order valence-corrected chi connectivity index (χ2v) is 3.26. The lowest BCUT2D eigenvalue weighted by Gasteiger charge is -2.12. The Kier molecular flexibility index (Phi) is 3.02. The van der Waals surface area contributed by atoms with Gasteiger partial charge in [0.15, 0.2) is 0 Å². The Bertz CT molecular complexity index is 402. The summed E-state index contributed by atoms with van der Waals surface area (Å²) in [6, 6.07) is 3.09. The van der Waals surface area contributed by atoms with Crippen molar-refractivity contribution in [3.8, 4) is 0 Å². The highest BCUT2D eigenvalue weighted by Gasteiger charge is 2.25. The van der Waals surface area contributed by atoms with E-state index in [1.54, 1.807) is 13.1 Å². The maximum Gasteiger partial charge on any atom is 0.337 e. The number of aromatic carboxylic acids is 1. The van der Waals surface area contributed by atoms with Gasteiger partial charge >= 0.3 is 5.97 Å². The number of carbonyl (C=O) groups is 1. The highest BCUT2D eigenvalue weighted by molar-refractivity contribution is 5.89. The fourth-order valence-corrected chi connectivity index (χ4v) is 1.49. The van der Waals surface area contributed by atoms with E-state index in [-0.39, 0.29) is 5.56 Å². The van der Waals surface area contributed by atoms with Gasteiger partial charge in [0.25, 0.3) is 0 Å². The van der Waals surface area contributed by atoms with Gasteiger partial charge in [-0.05, 0) is 12.1 Å². The quantitative estimate of drug-likeness (QED) is 0.792. The number of carboxylic acids is 1. The molecule has 2 heterocycles. The van der Waals surface area contributed by atoms with E-state index in [9.17, 15) is 4.79 Å². The van der Waals surface area contributed by atoms with Crippen molar-refractivity contribution in [1.29, 1.82) is 0 Å². The number of aromatic nitrogens is 1. The molecular formula is C10H12N2O4. The summed E-state index contributed by atoms with van der Waals surface area (Å²) in [5.74, 6) is -0.455. The number of anilines is 1. The minimum atomic E-state index is -1.04. The minimum absolute atomic E-state index is 0.103. The number of rotatable bonds is 3. The van der Waals surface area contributed by atoms with Crippen LogP contribution in [0.15, 0.2) is 12.1 Å². The lowest BCUT2D eigenvalue weighted by Crippen LogP contribution is -2.11. The van der Waals surface area contributed by atoms with E-state index in [1.165, 1.54) is 6.07 Å². The smallest absolute Gasteiger partial charge is 0.337 e. The number of ether oxygens (including phenoxy) is 2. The molecule has 0 amide bonds. The summed E-state index contributed by atoms with van der Waals surface area (Å²) in [5.41, 5.74) is 0.405. The summed E-state index contributed by atoms with van der Waals surface area (Å²) < 4.78 is 10.5. The highest BCUT2D eigenvalue weighted by atomic mass is 16.7. The first-order valence-electron chi connectivity index (χ1n) is 4.87. The predicted octanol–water partition coefficient (Wildman–Crippen LogP) is 0.867. The van der Waals surface area contributed by atoms with Crippen molar-refractivity contribution >= 4 is 11.8 Å². The molecular weight excluding hydrogens is 212 g/mol. The number of hydrogen-bond acceptors (Lipinski definition) is 5. The van der Waals surface area contributed by atoms with Crippen LogP contribution >= 0.6 is 0 Å². The third-order valence-corrected chi connectivity index (χ3v) is 2.26. The SMILES string of the molecule is CNc1ccc(C(=O)O)c(C2OCCO2)n1. The minimum Gasteiger partial charge on any atom is -0.478 e. The molecule has 1 aliphatic rings. The molecule has 6 nitrogen and oxygen atoms in total. The first-order valence-corrected chi connectivity index (χ1v) is 4.87. The first kappa shape index (κ1) is 10.8. The van der Waals surface area contributed by atoms with Crippen LogP contribution in [0.1, 0.15) is 22.3 Å². The molecule has 6 heteroatoms. The molecule has 1 saturated heterocycles. The second kappa shape index (κ2) is 4.46. The third-order valence-electron chi connectivity index (χ3n) is 2.26. The molecule has 0 unspecified atom stereocenters. The molecule has 1 fully saturated rings. The number of hydrogen-bond donors (Lipinski definition) is 2. The van der Waals surface area contributed by atoms with E-state index < -0.39 is 12.3 Å². The standard InChI is InChI=1S/C10H12N2O4/c1-11-7-3-2-6(9(13)14)8(12-7)10-15-4-5-16-10/h2-3,10H,4-5H2,1H3,(H,11,12)(H,13,14). The van der Waals surface area contributed by atoms with Crippen molar-refractivity contribution in [2.24, 2.45) is 0 Å². The Morgan fingerprint density at radius 2 is 2.19 bits per heavy atom. The van der Waals surface area contributed by atoms with Crippen molar-refractivity contribution in [1.82, 2.24) is 4.98 Å². The average Bonchev–Trinajstić information content (AvgIpc) is 2.81.